The van der Waals surface area contributed by atoms with Gasteiger partial charge in [-0.3, -0.25) is 0 Å². The number of nitrogens with two attached hydrogens (primary N) is 1. The van der Waals surface area contributed by atoms with Crippen LogP contribution >= 0.6 is 11.3 Å². The van der Waals surface area contributed by atoms with Crippen molar-refractivity contribution in [1.29, 1.82) is 0 Å². The van der Waals surface area contributed by atoms with Crippen LogP contribution in [0.2, 0.25) is 0 Å². The van der Waals surface area contributed by atoms with Gasteiger partial charge in [-0.25, -0.2) is 4.98 Å². The molecule has 1 heterocycles. The third-order valence-electron chi connectivity index (χ3n) is 4.17. The quantitative estimate of drug-likeness (QED) is 0.487. The van der Waals surface area contributed by atoms with Crippen LogP contribution < -0.4 is 5.73 Å². The Morgan fingerprint density at radius 2 is 1.36 bits per heavy atom. The highest BCUT2D eigenvalue weighted by atomic mass is 32.1. The molecule has 4 rings (SSSR count). The second-order valence-electron chi connectivity index (χ2n) is 5.99. The first-order chi connectivity index (χ1) is 12.3. The summed E-state index contributed by atoms with van der Waals surface area (Å²) in [7, 11) is 0. The van der Waals surface area contributed by atoms with Crippen molar-refractivity contribution in [3.63, 3.8) is 0 Å². The van der Waals surface area contributed by atoms with E-state index in [1.165, 1.54) is 16.7 Å². The van der Waals surface area contributed by atoms with E-state index in [4.69, 9.17) is 10.7 Å². The minimum atomic E-state index is 0.794. The third-order valence-corrected chi connectivity index (χ3v) is 5.02. The Balaban J connectivity index is 1.52. The molecular formula is C22H18N2S. The summed E-state index contributed by atoms with van der Waals surface area (Å²) in [6, 6.07) is 27.0. The Morgan fingerprint density at radius 3 is 2.08 bits per heavy atom. The largest absolute Gasteiger partial charge is 0.399 e. The maximum Gasteiger partial charge on any atom is 0.0976 e. The first-order valence-electron chi connectivity index (χ1n) is 8.22. The van der Waals surface area contributed by atoms with Crippen LogP contribution in [0.5, 0.6) is 0 Å². The lowest BCUT2D eigenvalue weighted by molar-refractivity contribution is 1.14. The molecule has 0 bridgehead atoms. The van der Waals surface area contributed by atoms with Gasteiger partial charge in [-0.05, 0) is 28.8 Å². The lowest BCUT2D eigenvalue weighted by Crippen LogP contribution is -1.89. The molecule has 0 aliphatic heterocycles. The summed E-state index contributed by atoms with van der Waals surface area (Å²) in [4.78, 5) is 4.79. The summed E-state index contributed by atoms with van der Waals surface area (Å²) in [6.07, 6.45) is 0.840. The van der Waals surface area contributed by atoms with E-state index in [1.54, 1.807) is 11.3 Å². The molecule has 0 atom stereocenters. The van der Waals surface area contributed by atoms with Crippen molar-refractivity contribution in [2.24, 2.45) is 0 Å². The van der Waals surface area contributed by atoms with Gasteiger partial charge in [0.05, 0.1) is 10.7 Å². The minimum Gasteiger partial charge on any atom is -0.399 e. The first kappa shape index (κ1) is 15.6. The molecule has 3 heteroatoms. The predicted molar refractivity (Wildman–Crippen MR) is 107 cm³/mol. The Hall–Kier alpha value is -2.91. The number of rotatable bonds is 4. The molecule has 0 aliphatic rings. The molecule has 0 unspecified atom stereocenters. The van der Waals surface area contributed by atoms with Gasteiger partial charge in [0.25, 0.3) is 0 Å². The average molecular weight is 342 g/mol. The second-order valence-corrected chi connectivity index (χ2v) is 6.93. The van der Waals surface area contributed by atoms with Crippen LogP contribution in [-0.2, 0) is 6.42 Å². The van der Waals surface area contributed by atoms with Crippen LogP contribution in [0.15, 0.2) is 84.2 Å². The van der Waals surface area contributed by atoms with Crippen molar-refractivity contribution in [2.75, 3.05) is 5.73 Å². The Labute approximate surface area is 151 Å². The van der Waals surface area contributed by atoms with Crippen LogP contribution in [-0.4, -0.2) is 4.98 Å². The standard InChI is InChI=1S/C22H18N2S/c23-20-12-6-16(7-13-20)14-22-24-21(15-25-22)19-10-8-18(9-11-19)17-4-2-1-3-5-17/h1-13,15H,14,23H2. The normalized spacial score (nSPS) is 10.7. The molecule has 0 fully saturated rings. The van der Waals surface area contributed by atoms with Gasteiger partial charge in [0.2, 0.25) is 0 Å². The number of hydrogen-bond acceptors (Lipinski definition) is 3. The number of aromatic nitrogens is 1. The lowest BCUT2D eigenvalue weighted by Gasteiger charge is -2.03. The molecule has 0 radical (unpaired) electrons. The number of nitrogen functional groups attached to an aromatic ring is 1. The molecule has 25 heavy (non-hydrogen) atoms. The predicted octanol–water partition coefficient (Wildman–Crippen LogP) is 5.65. The summed E-state index contributed by atoms with van der Waals surface area (Å²) >= 11 is 1.70. The molecule has 1 aromatic heterocycles. The average Bonchev–Trinajstić information content (AvgIpc) is 3.13. The van der Waals surface area contributed by atoms with E-state index in [9.17, 15) is 0 Å². The number of nitrogens with zero attached hydrogens (tertiary/aromatic N) is 1. The van der Waals surface area contributed by atoms with Crippen molar-refractivity contribution in [3.05, 3.63) is 94.8 Å². The van der Waals surface area contributed by atoms with Gasteiger partial charge in [-0.1, -0.05) is 66.7 Å². The van der Waals surface area contributed by atoms with Gasteiger partial charge in [-0.15, -0.1) is 11.3 Å². The maximum atomic E-state index is 5.74. The topological polar surface area (TPSA) is 38.9 Å². The smallest absolute Gasteiger partial charge is 0.0976 e. The summed E-state index contributed by atoms with van der Waals surface area (Å²) in [6.45, 7) is 0. The van der Waals surface area contributed by atoms with Gasteiger partial charge in [0.1, 0.15) is 0 Å². The molecule has 4 aromatic rings. The zero-order valence-electron chi connectivity index (χ0n) is 13.7. The first-order valence-corrected chi connectivity index (χ1v) is 9.10. The summed E-state index contributed by atoms with van der Waals surface area (Å²) in [5.41, 5.74) is 12.4. The Kier molecular flexibility index (Phi) is 4.32. The number of thiazole rings is 1. The van der Waals surface area contributed by atoms with Gasteiger partial charge in [0, 0.05) is 23.1 Å². The SMILES string of the molecule is Nc1ccc(Cc2nc(-c3ccc(-c4ccccc4)cc3)cs2)cc1. The fourth-order valence-corrected chi connectivity index (χ4v) is 3.64. The maximum absolute atomic E-state index is 5.74. The van der Waals surface area contributed by atoms with Crippen LogP contribution in [0.25, 0.3) is 22.4 Å². The van der Waals surface area contributed by atoms with E-state index in [0.29, 0.717) is 0 Å². The van der Waals surface area contributed by atoms with Crippen molar-refractivity contribution in [2.45, 2.75) is 6.42 Å². The molecule has 0 saturated heterocycles. The fourth-order valence-electron chi connectivity index (χ4n) is 2.80. The van der Waals surface area contributed by atoms with E-state index in [0.717, 1.165) is 28.4 Å². The highest BCUT2D eigenvalue weighted by Gasteiger charge is 2.06. The van der Waals surface area contributed by atoms with Crippen LogP contribution in [0.4, 0.5) is 5.69 Å². The number of anilines is 1. The summed E-state index contributed by atoms with van der Waals surface area (Å²) in [5.74, 6) is 0. The van der Waals surface area contributed by atoms with E-state index in [2.05, 4.69) is 66.0 Å². The third kappa shape index (κ3) is 3.62. The van der Waals surface area contributed by atoms with Crippen LogP contribution in [0.3, 0.4) is 0 Å². The molecule has 122 valence electrons. The monoisotopic (exact) mass is 342 g/mol. The lowest BCUT2D eigenvalue weighted by atomic mass is 10.0. The zero-order chi connectivity index (χ0) is 17.1. The van der Waals surface area contributed by atoms with E-state index < -0.39 is 0 Å². The zero-order valence-corrected chi connectivity index (χ0v) is 14.5. The van der Waals surface area contributed by atoms with Gasteiger partial charge in [0.15, 0.2) is 0 Å². The number of hydrogen-bond donors (Lipinski definition) is 1. The van der Waals surface area contributed by atoms with Crippen molar-refractivity contribution < 1.29 is 0 Å². The summed E-state index contributed by atoms with van der Waals surface area (Å²) in [5, 5.41) is 3.25. The summed E-state index contributed by atoms with van der Waals surface area (Å²) < 4.78 is 0. The van der Waals surface area contributed by atoms with Crippen LogP contribution in [0, 0.1) is 0 Å². The van der Waals surface area contributed by atoms with Gasteiger partial charge >= 0.3 is 0 Å². The highest BCUT2D eigenvalue weighted by molar-refractivity contribution is 7.10. The molecule has 3 aromatic carbocycles. The number of benzene rings is 3. The van der Waals surface area contributed by atoms with Gasteiger partial charge < -0.3 is 5.73 Å². The molecule has 0 saturated carbocycles. The van der Waals surface area contributed by atoms with E-state index >= 15 is 0 Å². The van der Waals surface area contributed by atoms with E-state index in [1.807, 2.05) is 18.2 Å². The molecule has 0 spiro atoms. The highest BCUT2D eigenvalue weighted by Crippen LogP contribution is 2.26. The molecular weight excluding hydrogens is 324 g/mol. The Bertz CT molecular complexity index is 955. The van der Waals surface area contributed by atoms with Crippen LogP contribution in [0.1, 0.15) is 10.6 Å². The molecule has 2 nitrogen and oxygen atoms in total. The molecule has 2 N–H and O–H groups in total. The van der Waals surface area contributed by atoms with Gasteiger partial charge in [-0.2, -0.15) is 0 Å². The van der Waals surface area contributed by atoms with Crippen molar-refractivity contribution >= 4 is 17.0 Å². The van der Waals surface area contributed by atoms with Crippen molar-refractivity contribution in [1.82, 2.24) is 4.98 Å². The second kappa shape index (κ2) is 6.91. The Morgan fingerprint density at radius 1 is 0.720 bits per heavy atom. The fraction of sp³-hybridized carbons (Fsp3) is 0.0455. The minimum absolute atomic E-state index is 0.794. The van der Waals surface area contributed by atoms with E-state index in [-0.39, 0.29) is 0 Å². The molecule has 0 amide bonds. The molecule has 0 aliphatic carbocycles. The van der Waals surface area contributed by atoms with Crippen molar-refractivity contribution in [3.8, 4) is 22.4 Å².